The average molecular weight is 377 g/mol. The van der Waals surface area contributed by atoms with E-state index in [0.717, 1.165) is 18.2 Å². The summed E-state index contributed by atoms with van der Waals surface area (Å²) in [6, 6.07) is 7.98. The van der Waals surface area contributed by atoms with Gasteiger partial charge >= 0.3 is 0 Å². The first kappa shape index (κ1) is 19.6. The van der Waals surface area contributed by atoms with E-state index < -0.39 is 36.7 Å². The summed E-state index contributed by atoms with van der Waals surface area (Å²) in [5.41, 5.74) is 0.507. The van der Waals surface area contributed by atoms with Gasteiger partial charge in [-0.05, 0) is 46.9 Å². The van der Waals surface area contributed by atoms with Gasteiger partial charge in [-0.1, -0.05) is 26.8 Å². The van der Waals surface area contributed by atoms with Crippen LogP contribution in [0.15, 0.2) is 46.2 Å². The maximum atomic E-state index is 13.9. The first-order chi connectivity index (χ1) is 12.0. The van der Waals surface area contributed by atoms with Crippen molar-refractivity contribution in [3.05, 3.63) is 64.1 Å². The summed E-state index contributed by atoms with van der Waals surface area (Å²) in [6.45, 7) is 5.60. The highest BCUT2D eigenvalue weighted by atomic mass is 32.2. The molecule has 2 rings (SSSR count). The van der Waals surface area contributed by atoms with Crippen LogP contribution in [0.3, 0.4) is 0 Å². The molecule has 0 spiro atoms. The number of halogens is 2. The highest BCUT2D eigenvalue weighted by Crippen LogP contribution is 2.32. The minimum absolute atomic E-state index is 0.0422. The lowest BCUT2D eigenvalue weighted by molar-refractivity contribution is 0.446. The Hall–Kier alpha value is -2.72. The number of nitriles is 1. The molecule has 4 nitrogen and oxygen atoms in total. The maximum Gasteiger partial charge on any atom is 0.219 e. The molecule has 0 heterocycles. The van der Waals surface area contributed by atoms with Crippen molar-refractivity contribution >= 4 is 15.9 Å². The maximum absolute atomic E-state index is 13.9. The Morgan fingerprint density at radius 3 is 2.35 bits per heavy atom. The summed E-state index contributed by atoms with van der Waals surface area (Å²) in [5.74, 6) is -2.15. The molecular weight excluding hydrogens is 360 g/mol. The molecule has 0 unspecified atom stereocenters. The fourth-order valence-corrected chi connectivity index (χ4v) is 3.59. The first-order valence-corrected chi connectivity index (χ1v) is 9.10. The Balaban J connectivity index is 2.60. The predicted octanol–water partition coefficient (Wildman–Crippen LogP) is 4.31. The standard InChI is InChI=1S/C19H17F2NO3S/c1-19(2,3)15-9-12(4-6-17(15)23)8-14(11-22)26(24,25)18-7-5-13(20)10-16(18)21/h4-10,23H,1-3H3/b14-8+. The summed E-state index contributed by atoms with van der Waals surface area (Å²) >= 11 is 0. The summed E-state index contributed by atoms with van der Waals surface area (Å²) in [4.78, 5) is -1.46. The van der Waals surface area contributed by atoms with E-state index in [-0.39, 0.29) is 5.75 Å². The molecule has 2 aromatic rings. The molecular formula is C19H17F2NO3S. The zero-order valence-corrected chi connectivity index (χ0v) is 15.2. The van der Waals surface area contributed by atoms with Crippen molar-refractivity contribution in [1.82, 2.24) is 0 Å². The SMILES string of the molecule is CC(C)(C)c1cc(/C=C(\C#N)S(=O)(=O)c2ccc(F)cc2F)ccc1O. The fourth-order valence-electron chi connectivity index (χ4n) is 2.38. The third-order valence-electron chi connectivity index (χ3n) is 3.71. The minimum Gasteiger partial charge on any atom is -0.508 e. The summed E-state index contributed by atoms with van der Waals surface area (Å²) in [7, 11) is -4.46. The number of nitrogens with zero attached hydrogens (tertiary/aromatic N) is 1. The summed E-state index contributed by atoms with van der Waals surface area (Å²) < 4.78 is 52.0. The number of benzene rings is 2. The quantitative estimate of drug-likeness (QED) is 0.639. The number of allylic oxidation sites excluding steroid dienone is 1. The van der Waals surface area contributed by atoms with Crippen LogP contribution in [-0.4, -0.2) is 13.5 Å². The van der Waals surface area contributed by atoms with Crippen LogP contribution >= 0.6 is 0 Å². The molecule has 7 heteroatoms. The Kier molecular flexibility index (Phi) is 5.19. The van der Waals surface area contributed by atoms with E-state index in [0.29, 0.717) is 17.2 Å². The second kappa shape index (κ2) is 6.89. The molecule has 0 atom stereocenters. The lowest BCUT2D eigenvalue weighted by Gasteiger charge is -2.20. The van der Waals surface area contributed by atoms with Gasteiger partial charge in [0.2, 0.25) is 9.84 Å². The van der Waals surface area contributed by atoms with E-state index >= 15 is 0 Å². The average Bonchev–Trinajstić information content (AvgIpc) is 2.52. The minimum atomic E-state index is -4.46. The van der Waals surface area contributed by atoms with Crippen LogP contribution in [0.1, 0.15) is 31.9 Å². The molecule has 0 aliphatic carbocycles. The summed E-state index contributed by atoms with van der Waals surface area (Å²) in [5, 5.41) is 19.2. The van der Waals surface area contributed by atoms with E-state index in [4.69, 9.17) is 0 Å². The molecule has 0 aromatic heterocycles. The second-order valence-corrected chi connectivity index (χ2v) is 8.61. The molecule has 0 fully saturated rings. The fraction of sp³-hybridized carbons (Fsp3) is 0.211. The van der Waals surface area contributed by atoms with Crippen molar-refractivity contribution in [1.29, 1.82) is 5.26 Å². The Bertz CT molecular complexity index is 1030. The zero-order valence-electron chi connectivity index (χ0n) is 14.4. The number of sulfone groups is 1. The molecule has 26 heavy (non-hydrogen) atoms. The third-order valence-corrected chi connectivity index (χ3v) is 5.41. The van der Waals surface area contributed by atoms with Crippen LogP contribution in [0.2, 0.25) is 0 Å². The van der Waals surface area contributed by atoms with Crippen LogP contribution in [0.5, 0.6) is 5.75 Å². The highest BCUT2D eigenvalue weighted by molar-refractivity contribution is 7.95. The van der Waals surface area contributed by atoms with Crippen molar-refractivity contribution < 1.29 is 22.3 Å². The predicted molar refractivity (Wildman–Crippen MR) is 93.9 cm³/mol. The van der Waals surface area contributed by atoms with E-state index in [2.05, 4.69) is 0 Å². The van der Waals surface area contributed by atoms with Crippen molar-refractivity contribution in [2.24, 2.45) is 0 Å². The number of phenols is 1. The van der Waals surface area contributed by atoms with Crippen LogP contribution in [0, 0.1) is 23.0 Å². The van der Waals surface area contributed by atoms with Gasteiger partial charge in [-0.15, -0.1) is 0 Å². The molecule has 2 aromatic carbocycles. The molecule has 0 saturated heterocycles. The van der Waals surface area contributed by atoms with Gasteiger partial charge in [0.05, 0.1) is 0 Å². The van der Waals surface area contributed by atoms with Crippen molar-refractivity contribution in [2.75, 3.05) is 0 Å². The number of phenolic OH excluding ortho intramolecular Hbond substituents is 1. The molecule has 0 saturated carbocycles. The number of hydrogen-bond donors (Lipinski definition) is 1. The van der Waals surface area contributed by atoms with E-state index in [1.54, 1.807) is 12.1 Å². The molecule has 1 N–H and O–H groups in total. The zero-order chi connectivity index (χ0) is 19.7. The van der Waals surface area contributed by atoms with Gasteiger partial charge in [0.15, 0.2) is 0 Å². The monoisotopic (exact) mass is 377 g/mol. The molecule has 0 aliphatic heterocycles. The number of hydrogen-bond acceptors (Lipinski definition) is 4. The molecule has 0 aliphatic rings. The van der Waals surface area contributed by atoms with Crippen molar-refractivity contribution in [2.45, 2.75) is 31.1 Å². The van der Waals surface area contributed by atoms with Crippen molar-refractivity contribution in [3.63, 3.8) is 0 Å². The van der Waals surface area contributed by atoms with Gasteiger partial charge in [-0.2, -0.15) is 5.26 Å². The molecule has 0 amide bonds. The van der Waals surface area contributed by atoms with Crippen LogP contribution in [-0.2, 0) is 15.3 Å². The largest absolute Gasteiger partial charge is 0.508 e. The van der Waals surface area contributed by atoms with Gasteiger partial charge < -0.3 is 5.11 Å². The summed E-state index contributed by atoms with van der Waals surface area (Å²) in [6.07, 6.45) is 1.09. The van der Waals surface area contributed by atoms with Gasteiger partial charge in [0.1, 0.15) is 33.3 Å². The van der Waals surface area contributed by atoms with E-state index in [1.807, 2.05) is 20.8 Å². The topological polar surface area (TPSA) is 78.2 Å². The molecule has 0 bridgehead atoms. The number of rotatable bonds is 3. The Morgan fingerprint density at radius 1 is 1.15 bits per heavy atom. The van der Waals surface area contributed by atoms with Gasteiger partial charge in [-0.25, -0.2) is 17.2 Å². The smallest absolute Gasteiger partial charge is 0.219 e. The van der Waals surface area contributed by atoms with Gasteiger partial charge in [-0.3, -0.25) is 0 Å². The third kappa shape index (κ3) is 3.92. The van der Waals surface area contributed by atoms with E-state index in [9.17, 15) is 27.6 Å². The second-order valence-electron chi connectivity index (χ2n) is 6.73. The highest BCUT2D eigenvalue weighted by Gasteiger charge is 2.25. The molecule has 0 radical (unpaired) electrons. The Labute approximate surface area is 150 Å². The lowest BCUT2D eigenvalue weighted by atomic mass is 9.85. The van der Waals surface area contributed by atoms with Crippen molar-refractivity contribution in [3.8, 4) is 11.8 Å². The van der Waals surface area contributed by atoms with Gasteiger partial charge in [0, 0.05) is 6.07 Å². The Morgan fingerprint density at radius 2 is 1.81 bits per heavy atom. The van der Waals surface area contributed by atoms with Crippen LogP contribution in [0.4, 0.5) is 8.78 Å². The van der Waals surface area contributed by atoms with Crippen LogP contribution in [0.25, 0.3) is 6.08 Å². The van der Waals surface area contributed by atoms with E-state index in [1.165, 1.54) is 12.1 Å². The lowest BCUT2D eigenvalue weighted by Crippen LogP contribution is -2.11. The first-order valence-electron chi connectivity index (χ1n) is 7.62. The normalized spacial score (nSPS) is 12.7. The molecule has 136 valence electrons. The van der Waals surface area contributed by atoms with Gasteiger partial charge in [0.25, 0.3) is 0 Å². The van der Waals surface area contributed by atoms with Crippen LogP contribution < -0.4 is 0 Å². The number of aromatic hydroxyl groups is 1.